The van der Waals surface area contributed by atoms with Crippen molar-refractivity contribution in [3.05, 3.63) is 56.8 Å². The van der Waals surface area contributed by atoms with Crippen LogP contribution in [0.4, 0.5) is 0 Å². The molecule has 1 amide bonds. The fourth-order valence-corrected chi connectivity index (χ4v) is 4.52. The van der Waals surface area contributed by atoms with Crippen molar-refractivity contribution in [1.29, 1.82) is 0 Å². The van der Waals surface area contributed by atoms with Crippen molar-refractivity contribution in [2.75, 3.05) is 0 Å². The number of thiophene rings is 1. The van der Waals surface area contributed by atoms with E-state index in [9.17, 15) is 4.79 Å². The van der Waals surface area contributed by atoms with E-state index in [0.29, 0.717) is 6.54 Å². The second kappa shape index (κ2) is 7.04. The third kappa shape index (κ3) is 3.30. The van der Waals surface area contributed by atoms with Gasteiger partial charge < -0.3 is 10.6 Å². The number of aryl methyl sites for hydroxylation is 1. The number of halogens is 1. The van der Waals surface area contributed by atoms with Crippen LogP contribution >= 0.6 is 23.7 Å². The van der Waals surface area contributed by atoms with Gasteiger partial charge in [0.15, 0.2) is 0 Å². The minimum absolute atomic E-state index is 0. The van der Waals surface area contributed by atoms with Gasteiger partial charge in [-0.2, -0.15) is 0 Å². The maximum absolute atomic E-state index is 12.5. The van der Waals surface area contributed by atoms with Crippen LogP contribution in [-0.2, 0) is 30.8 Å². The van der Waals surface area contributed by atoms with E-state index in [1.165, 1.54) is 27.1 Å². The maximum Gasteiger partial charge on any atom is 0.227 e. The van der Waals surface area contributed by atoms with Crippen LogP contribution in [0.25, 0.3) is 0 Å². The molecule has 0 spiro atoms. The van der Waals surface area contributed by atoms with Gasteiger partial charge in [-0.25, -0.2) is 0 Å². The number of carbonyl (C=O) groups excluding carboxylic acids is 1. The number of benzene rings is 1. The van der Waals surface area contributed by atoms with Crippen LogP contribution in [0.15, 0.2) is 29.6 Å². The molecule has 0 saturated heterocycles. The highest BCUT2D eigenvalue weighted by Crippen LogP contribution is 2.35. The summed E-state index contributed by atoms with van der Waals surface area (Å²) in [5.41, 5.74) is 5.19. The van der Waals surface area contributed by atoms with Crippen molar-refractivity contribution >= 4 is 29.7 Å². The molecule has 1 atom stereocenters. The summed E-state index contributed by atoms with van der Waals surface area (Å²) in [6.07, 6.45) is 3.23. The fourth-order valence-electron chi connectivity index (χ4n) is 3.53. The van der Waals surface area contributed by atoms with Crippen LogP contribution < -0.4 is 10.6 Å². The average molecular weight is 349 g/mol. The second-order valence-corrected chi connectivity index (χ2v) is 7.17. The van der Waals surface area contributed by atoms with Crippen molar-refractivity contribution in [3.8, 4) is 0 Å². The Morgan fingerprint density at radius 1 is 1.26 bits per heavy atom. The predicted octanol–water partition coefficient (Wildman–Crippen LogP) is 3.51. The van der Waals surface area contributed by atoms with E-state index >= 15 is 0 Å². The molecule has 1 aromatic heterocycles. The van der Waals surface area contributed by atoms with Gasteiger partial charge in [0.25, 0.3) is 0 Å². The molecule has 23 heavy (non-hydrogen) atoms. The summed E-state index contributed by atoms with van der Waals surface area (Å²) in [6, 6.07) is 8.65. The summed E-state index contributed by atoms with van der Waals surface area (Å²) in [5.74, 6) is 0.226. The topological polar surface area (TPSA) is 41.1 Å². The minimum Gasteiger partial charge on any atom is -0.351 e. The molecule has 1 aliphatic heterocycles. The molecular formula is C18H21ClN2OS. The molecule has 122 valence electrons. The first-order valence-corrected chi connectivity index (χ1v) is 8.84. The highest BCUT2D eigenvalue weighted by atomic mass is 35.5. The molecule has 0 saturated carbocycles. The predicted molar refractivity (Wildman–Crippen MR) is 96.1 cm³/mol. The lowest BCUT2D eigenvalue weighted by atomic mass is 9.87. The van der Waals surface area contributed by atoms with Gasteiger partial charge in [0.1, 0.15) is 0 Å². The number of rotatable bonds is 3. The lowest BCUT2D eigenvalue weighted by Gasteiger charge is -2.22. The smallest absolute Gasteiger partial charge is 0.227 e. The van der Waals surface area contributed by atoms with Crippen LogP contribution in [-0.4, -0.2) is 5.91 Å². The molecule has 0 fully saturated rings. The fraction of sp³-hybridized carbons (Fsp3) is 0.389. The number of fused-ring (bicyclic) bond motifs is 2. The number of hydrogen-bond acceptors (Lipinski definition) is 3. The molecule has 3 nitrogen and oxygen atoms in total. The summed E-state index contributed by atoms with van der Waals surface area (Å²) >= 11 is 1.79. The van der Waals surface area contributed by atoms with Crippen molar-refractivity contribution < 1.29 is 4.79 Å². The van der Waals surface area contributed by atoms with E-state index in [-0.39, 0.29) is 24.2 Å². The van der Waals surface area contributed by atoms with Gasteiger partial charge in [-0.3, -0.25) is 4.79 Å². The van der Waals surface area contributed by atoms with E-state index < -0.39 is 0 Å². The quantitative estimate of drug-likeness (QED) is 0.891. The molecule has 0 bridgehead atoms. The maximum atomic E-state index is 12.5. The largest absolute Gasteiger partial charge is 0.351 e. The third-order valence-electron chi connectivity index (χ3n) is 4.74. The summed E-state index contributed by atoms with van der Waals surface area (Å²) in [5, 5.41) is 8.60. The summed E-state index contributed by atoms with van der Waals surface area (Å²) in [6.45, 7) is 2.53. The van der Waals surface area contributed by atoms with Crippen LogP contribution in [0.5, 0.6) is 0 Å². The monoisotopic (exact) mass is 348 g/mol. The molecule has 2 aromatic rings. The van der Waals surface area contributed by atoms with Gasteiger partial charge in [-0.1, -0.05) is 18.2 Å². The first-order valence-electron chi connectivity index (χ1n) is 7.96. The summed E-state index contributed by atoms with van der Waals surface area (Å²) < 4.78 is 0. The van der Waals surface area contributed by atoms with E-state index in [4.69, 9.17) is 0 Å². The first-order chi connectivity index (χ1) is 10.8. The normalized spacial score (nSPS) is 18.7. The summed E-state index contributed by atoms with van der Waals surface area (Å²) in [7, 11) is 0. The number of hydrogen-bond donors (Lipinski definition) is 2. The van der Waals surface area contributed by atoms with E-state index in [1.807, 2.05) is 0 Å². The van der Waals surface area contributed by atoms with Crippen LogP contribution in [0, 0.1) is 0 Å². The summed E-state index contributed by atoms with van der Waals surface area (Å²) in [4.78, 5) is 13.9. The number of carbonyl (C=O) groups is 1. The highest BCUT2D eigenvalue weighted by Gasteiger charge is 2.27. The average Bonchev–Trinajstić information content (AvgIpc) is 3.20. The Morgan fingerprint density at radius 2 is 2.13 bits per heavy atom. The van der Waals surface area contributed by atoms with Gasteiger partial charge in [0.05, 0.1) is 5.92 Å². The zero-order valence-corrected chi connectivity index (χ0v) is 14.6. The Balaban J connectivity index is 0.00000156. The Bertz CT molecular complexity index is 713. The van der Waals surface area contributed by atoms with Crippen molar-refractivity contribution in [1.82, 2.24) is 10.6 Å². The van der Waals surface area contributed by atoms with Crippen LogP contribution in [0.1, 0.15) is 45.9 Å². The zero-order chi connectivity index (χ0) is 14.9. The molecular weight excluding hydrogens is 328 g/mol. The Kier molecular flexibility index (Phi) is 5.05. The molecule has 5 heteroatoms. The molecule has 2 N–H and O–H groups in total. The van der Waals surface area contributed by atoms with Gasteiger partial charge in [0.2, 0.25) is 5.91 Å². The Morgan fingerprint density at radius 3 is 3.04 bits per heavy atom. The highest BCUT2D eigenvalue weighted by molar-refractivity contribution is 7.10. The number of nitrogens with one attached hydrogen (secondary N) is 2. The van der Waals surface area contributed by atoms with E-state index in [1.54, 1.807) is 11.3 Å². The lowest BCUT2D eigenvalue weighted by molar-refractivity contribution is -0.123. The molecule has 2 aliphatic rings. The molecule has 1 aliphatic carbocycles. The van der Waals surface area contributed by atoms with E-state index in [2.05, 4.69) is 40.3 Å². The van der Waals surface area contributed by atoms with Crippen molar-refractivity contribution in [3.63, 3.8) is 0 Å². The standard InChI is InChI=1S/C18H20N2OS.ClH/c21-18(16-2-1-3-17-15(16)6-7-22-17)20-9-12-4-5-13-10-19-11-14(13)8-12;/h4-8,16,19H,1-3,9-11H2,(H,20,21);1H. The molecule has 1 unspecified atom stereocenters. The Labute approximate surface area is 146 Å². The van der Waals surface area contributed by atoms with Crippen LogP contribution in [0.3, 0.4) is 0 Å². The zero-order valence-electron chi connectivity index (χ0n) is 12.9. The Hall–Kier alpha value is -1.36. The SMILES string of the molecule is Cl.O=C(NCc1ccc2c(c1)CNC2)C1CCCc2sccc21. The molecule has 2 heterocycles. The lowest BCUT2D eigenvalue weighted by Crippen LogP contribution is -2.30. The van der Waals surface area contributed by atoms with Gasteiger partial charge >= 0.3 is 0 Å². The van der Waals surface area contributed by atoms with Crippen LogP contribution in [0.2, 0.25) is 0 Å². The molecule has 1 aromatic carbocycles. The van der Waals surface area contributed by atoms with Gasteiger partial charge in [-0.15, -0.1) is 23.7 Å². The molecule has 4 rings (SSSR count). The van der Waals surface area contributed by atoms with Gasteiger partial charge in [-0.05, 0) is 53.0 Å². The van der Waals surface area contributed by atoms with Gasteiger partial charge in [0, 0.05) is 24.5 Å². The number of amides is 1. The second-order valence-electron chi connectivity index (χ2n) is 6.17. The van der Waals surface area contributed by atoms with Crippen molar-refractivity contribution in [2.24, 2.45) is 0 Å². The van der Waals surface area contributed by atoms with E-state index in [0.717, 1.165) is 32.4 Å². The third-order valence-corrected chi connectivity index (χ3v) is 5.73. The van der Waals surface area contributed by atoms with Crippen molar-refractivity contribution in [2.45, 2.75) is 44.8 Å². The first kappa shape index (κ1) is 16.5. The molecule has 0 radical (unpaired) electrons. The minimum atomic E-state index is 0.